The molecule has 0 aliphatic carbocycles. The zero-order valence-electron chi connectivity index (χ0n) is 13.2. The van der Waals surface area contributed by atoms with E-state index in [1.165, 1.54) is 4.90 Å². The number of anilines is 1. The largest absolute Gasteiger partial charge is 0.482 e. The first kappa shape index (κ1) is 16.3. The van der Waals surface area contributed by atoms with Crippen LogP contribution in [-0.2, 0) is 16.1 Å². The fourth-order valence-corrected chi connectivity index (χ4v) is 2.61. The van der Waals surface area contributed by atoms with Crippen molar-refractivity contribution in [2.75, 3.05) is 18.1 Å². The van der Waals surface area contributed by atoms with Crippen LogP contribution in [0.4, 0.5) is 5.69 Å². The van der Waals surface area contributed by atoms with Crippen LogP contribution in [-0.4, -0.2) is 25.0 Å². The smallest absolute Gasteiger partial charge is 0.265 e. The highest BCUT2D eigenvalue weighted by molar-refractivity contribution is 6.30. The average Bonchev–Trinajstić information content (AvgIpc) is 2.57. The van der Waals surface area contributed by atoms with E-state index in [1.807, 2.05) is 31.2 Å². The Morgan fingerprint density at radius 1 is 1.25 bits per heavy atom. The minimum absolute atomic E-state index is 0.0359. The fourth-order valence-electron chi connectivity index (χ4n) is 2.49. The molecule has 24 heavy (non-hydrogen) atoms. The highest BCUT2D eigenvalue weighted by Crippen LogP contribution is 2.32. The summed E-state index contributed by atoms with van der Waals surface area (Å²) in [5.74, 6) is 0.167. The van der Waals surface area contributed by atoms with Crippen molar-refractivity contribution >= 4 is 29.1 Å². The van der Waals surface area contributed by atoms with Gasteiger partial charge in [0.25, 0.3) is 5.91 Å². The topological polar surface area (TPSA) is 58.6 Å². The summed E-state index contributed by atoms with van der Waals surface area (Å²) >= 11 is 5.83. The van der Waals surface area contributed by atoms with E-state index < -0.39 is 0 Å². The summed E-state index contributed by atoms with van der Waals surface area (Å²) in [7, 11) is 0. The summed E-state index contributed by atoms with van der Waals surface area (Å²) in [6.07, 6.45) is 0. The van der Waals surface area contributed by atoms with Crippen molar-refractivity contribution in [3.05, 3.63) is 58.6 Å². The minimum atomic E-state index is -0.230. The van der Waals surface area contributed by atoms with Gasteiger partial charge < -0.3 is 10.1 Å². The molecule has 1 aliphatic rings. The summed E-state index contributed by atoms with van der Waals surface area (Å²) in [5.41, 5.74) is 2.60. The van der Waals surface area contributed by atoms with Crippen LogP contribution in [0.1, 0.15) is 11.1 Å². The standard InChI is InChI=1S/C18H17ClN2O3/c1-12-2-7-15-16(8-12)24-11-18(23)21(15)10-17(22)20-9-13-3-5-14(19)6-4-13/h2-8H,9-11H2,1H3,(H,20,22). The average molecular weight is 345 g/mol. The number of nitrogens with zero attached hydrogens (tertiary/aromatic N) is 1. The summed E-state index contributed by atoms with van der Waals surface area (Å²) < 4.78 is 5.43. The molecule has 0 radical (unpaired) electrons. The van der Waals surface area contributed by atoms with Gasteiger partial charge in [0.05, 0.1) is 5.69 Å². The molecular formula is C18H17ClN2O3. The van der Waals surface area contributed by atoms with Gasteiger partial charge in [-0.2, -0.15) is 0 Å². The number of carbonyl (C=O) groups is 2. The lowest BCUT2D eigenvalue weighted by Gasteiger charge is -2.29. The molecule has 0 aromatic heterocycles. The molecule has 3 rings (SSSR count). The Morgan fingerprint density at radius 3 is 2.75 bits per heavy atom. The second-order valence-corrected chi connectivity index (χ2v) is 6.08. The Balaban J connectivity index is 1.65. The number of hydrogen-bond donors (Lipinski definition) is 1. The minimum Gasteiger partial charge on any atom is -0.482 e. The van der Waals surface area contributed by atoms with Crippen molar-refractivity contribution in [3.63, 3.8) is 0 Å². The number of rotatable bonds is 4. The van der Waals surface area contributed by atoms with Gasteiger partial charge in [-0.3, -0.25) is 14.5 Å². The summed E-state index contributed by atoms with van der Waals surface area (Å²) in [4.78, 5) is 25.8. The van der Waals surface area contributed by atoms with Gasteiger partial charge in [0, 0.05) is 11.6 Å². The number of hydrogen-bond acceptors (Lipinski definition) is 3. The molecule has 0 atom stereocenters. The first-order valence-electron chi connectivity index (χ1n) is 7.58. The molecule has 1 aliphatic heterocycles. The molecule has 1 heterocycles. The summed E-state index contributed by atoms with van der Waals surface area (Å²) in [6, 6.07) is 12.8. The van der Waals surface area contributed by atoms with Gasteiger partial charge in [-0.25, -0.2) is 0 Å². The van der Waals surface area contributed by atoms with Gasteiger partial charge in [0.1, 0.15) is 12.3 Å². The molecule has 2 aromatic carbocycles. The van der Waals surface area contributed by atoms with E-state index in [4.69, 9.17) is 16.3 Å². The number of aryl methyl sites for hydroxylation is 1. The van der Waals surface area contributed by atoms with Gasteiger partial charge in [0.15, 0.2) is 6.61 Å². The quantitative estimate of drug-likeness (QED) is 0.927. The van der Waals surface area contributed by atoms with Gasteiger partial charge in [0.2, 0.25) is 5.91 Å². The lowest BCUT2D eigenvalue weighted by atomic mass is 10.1. The molecule has 124 valence electrons. The lowest BCUT2D eigenvalue weighted by Crippen LogP contribution is -2.45. The van der Waals surface area contributed by atoms with Crippen LogP contribution >= 0.6 is 11.6 Å². The van der Waals surface area contributed by atoms with Crippen molar-refractivity contribution < 1.29 is 14.3 Å². The number of carbonyl (C=O) groups excluding carboxylic acids is 2. The van der Waals surface area contributed by atoms with Crippen molar-refractivity contribution in [1.82, 2.24) is 5.32 Å². The number of nitrogens with one attached hydrogen (secondary N) is 1. The number of benzene rings is 2. The maximum absolute atomic E-state index is 12.2. The monoisotopic (exact) mass is 344 g/mol. The lowest BCUT2D eigenvalue weighted by molar-refractivity contribution is -0.125. The highest BCUT2D eigenvalue weighted by atomic mass is 35.5. The molecule has 0 fully saturated rings. The predicted octanol–water partition coefficient (Wildman–Crippen LogP) is 2.69. The first-order chi connectivity index (χ1) is 11.5. The molecule has 1 N–H and O–H groups in total. The van der Waals surface area contributed by atoms with E-state index in [2.05, 4.69) is 5.32 Å². The van der Waals surface area contributed by atoms with Crippen molar-refractivity contribution in [2.45, 2.75) is 13.5 Å². The van der Waals surface area contributed by atoms with Gasteiger partial charge in [-0.15, -0.1) is 0 Å². The molecule has 2 aromatic rings. The number of amides is 2. The zero-order valence-corrected chi connectivity index (χ0v) is 14.0. The molecule has 0 saturated heterocycles. The van der Waals surface area contributed by atoms with Crippen LogP contribution in [0.2, 0.25) is 5.02 Å². The first-order valence-corrected chi connectivity index (χ1v) is 7.96. The molecule has 0 bridgehead atoms. The van der Waals surface area contributed by atoms with Gasteiger partial charge in [-0.1, -0.05) is 29.8 Å². The van der Waals surface area contributed by atoms with E-state index in [1.54, 1.807) is 18.2 Å². The molecule has 0 unspecified atom stereocenters. The third-order valence-corrected chi connectivity index (χ3v) is 4.01. The molecule has 6 heteroatoms. The third-order valence-electron chi connectivity index (χ3n) is 3.76. The second-order valence-electron chi connectivity index (χ2n) is 5.64. The number of halogens is 1. The van der Waals surface area contributed by atoms with Crippen molar-refractivity contribution in [2.24, 2.45) is 0 Å². The Morgan fingerprint density at radius 2 is 2.00 bits per heavy atom. The van der Waals surface area contributed by atoms with Crippen LogP contribution in [0, 0.1) is 6.92 Å². The molecule has 5 nitrogen and oxygen atoms in total. The second kappa shape index (κ2) is 6.93. The molecule has 2 amide bonds. The van der Waals surface area contributed by atoms with Crippen LogP contribution < -0.4 is 15.0 Å². The van der Waals surface area contributed by atoms with Gasteiger partial charge >= 0.3 is 0 Å². The molecule has 0 spiro atoms. The Labute approximate surface area is 145 Å². The number of ether oxygens (including phenoxy) is 1. The fraction of sp³-hybridized carbons (Fsp3) is 0.222. The Hall–Kier alpha value is -2.53. The van der Waals surface area contributed by atoms with Crippen LogP contribution in [0.15, 0.2) is 42.5 Å². The van der Waals surface area contributed by atoms with Crippen LogP contribution in [0.25, 0.3) is 0 Å². The summed E-state index contributed by atoms with van der Waals surface area (Å²) in [6.45, 7) is 2.24. The predicted molar refractivity (Wildman–Crippen MR) is 92.3 cm³/mol. The Kier molecular flexibility index (Phi) is 4.71. The normalized spacial score (nSPS) is 13.2. The van der Waals surface area contributed by atoms with Crippen molar-refractivity contribution in [1.29, 1.82) is 0 Å². The third kappa shape index (κ3) is 3.68. The van der Waals surface area contributed by atoms with Crippen LogP contribution in [0.3, 0.4) is 0 Å². The summed E-state index contributed by atoms with van der Waals surface area (Å²) in [5, 5.41) is 3.46. The van der Waals surface area contributed by atoms with E-state index in [-0.39, 0.29) is 25.0 Å². The molecular weight excluding hydrogens is 328 g/mol. The van der Waals surface area contributed by atoms with Crippen molar-refractivity contribution in [3.8, 4) is 5.75 Å². The van der Waals surface area contributed by atoms with Gasteiger partial charge in [-0.05, 0) is 42.3 Å². The van der Waals surface area contributed by atoms with E-state index in [0.717, 1.165) is 11.1 Å². The maximum Gasteiger partial charge on any atom is 0.265 e. The number of fused-ring (bicyclic) bond motifs is 1. The SMILES string of the molecule is Cc1ccc2c(c1)OCC(=O)N2CC(=O)NCc1ccc(Cl)cc1. The maximum atomic E-state index is 12.2. The zero-order chi connectivity index (χ0) is 17.1. The highest BCUT2D eigenvalue weighted by Gasteiger charge is 2.27. The molecule has 0 saturated carbocycles. The Bertz CT molecular complexity index is 774. The van der Waals surface area contributed by atoms with E-state index >= 15 is 0 Å². The van der Waals surface area contributed by atoms with E-state index in [9.17, 15) is 9.59 Å². The van der Waals surface area contributed by atoms with Crippen LogP contribution in [0.5, 0.6) is 5.75 Å². The van der Waals surface area contributed by atoms with E-state index in [0.29, 0.717) is 23.0 Å².